The van der Waals surface area contributed by atoms with E-state index in [0.29, 0.717) is 12.2 Å². The first-order chi connectivity index (χ1) is 11.2. The van der Waals surface area contributed by atoms with Crippen molar-refractivity contribution in [3.05, 3.63) is 70.9 Å². The van der Waals surface area contributed by atoms with E-state index in [1.807, 2.05) is 54.6 Å². The number of benzene rings is 2. The highest BCUT2D eigenvalue weighted by Crippen LogP contribution is 2.12. The van der Waals surface area contributed by atoms with Crippen molar-refractivity contribution in [2.24, 2.45) is 0 Å². The molecule has 0 aliphatic carbocycles. The van der Waals surface area contributed by atoms with E-state index >= 15 is 0 Å². The Hall–Kier alpha value is -2.37. The first kappa shape index (κ1) is 15.5. The van der Waals surface area contributed by atoms with Crippen molar-refractivity contribution in [1.29, 1.82) is 0 Å². The maximum absolute atomic E-state index is 11.8. The summed E-state index contributed by atoms with van der Waals surface area (Å²) in [6.45, 7) is 1.11. The zero-order valence-corrected chi connectivity index (χ0v) is 13.2. The number of nitrogens with zero attached hydrogens (tertiary/aromatic N) is 2. The summed E-state index contributed by atoms with van der Waals surface area (Å²) in [5.41, 5.74) is 2.42. The average molecular weight is 330 g/mol. The van der Waals surface area contributed by atoms with Crippen molar-refractivity contribution >= 4 is 11.6 Å². The van der Waals surface area contributed by atoms with Gasteiger partial charge in [-0.2, -0.15) is 0 Å². The Morgan fingerprint density at radius 2 is 1.96 bits per heavy atom. The first-order valence-corrected chi connectivity index (χ1v) is 7.70. The molecule has 1 aromatic heterocycles. The molecule has 0 saturated carbocycles. The fraction of sp³-hybridized carbons (Fsp3) is 0.176. The topological polar surface area (TPSA) is 65.0 Å². The molecule has 0 atom stereocenters. The van der Waals surface area contributed by atoms with Gasteiger partial charge in [0.25, 0.3) is 5.69 Å². The lowest BCUT2D eigenvalue weighted by Crippen LogP contribution is -2.39. The third-order valence-electron chi connectivity index (χ3n) is 3.47. The summed E-state index contributed by atoms with van der Waals surface area (Å²) in [5.74, 6) is -0.427. The number of halogens is 1. The number of nitrogens with one attached hydrogen (secondary N) is 1. The Labute approximate surface area is 139 Å². The van der Waals surface area contributed by atoms with Crippen LogP contribution in [-0.4, -0.2) is 11.8 Å². The summed E-state index contributed by atoms with van der Waals surface area (Å²) in [5, 5.41) is 19.6. The van der Waals surface area contributed by atoms with E-state index in [4.69, 9.17) is 16.1 Å². The molecule has 0 fully saturated rings. The first-order valence-electron chi connectivity index (χ1n) is 7.32. The SMILES string of the molecule is [O-]c1on[n+](-c2ccccc2)c1CNCCc1cccc(Cl)c1. The zero-order chi connectivity index (χ0) is 16.1. The van der Waals surface area contributed by atoms with Gasteiger partial charge in [0.1, 0.15) is 0 Å². The molecule has 3 aromatic rings. The van der Waals surface area contributed by atoms with Crippen molar-refractivity contribution in [3.63, 3.8) is 0 Å². The fourth-order valence-corrected chi connectivity index (χ4v) is 2.53. The molecule has 0 spiro atoms. The van der Waals surface area contributed by atoms with Crippen LogP contribution in [0.15, 0.2) is 59.1 Å². The van der Waals surface area contributed by atoms with Crippen LogP contribution in [0.1, 0.15) is 11.3 Å². The Morgan fingerprint density at radius 3 is 2.74 bits per heavy atom. The molecular weight excluding hydrogens is 314 g/mol. The van der Waals surface area contributed by atoms with E-state index in [-0.39, 0.29) is 0 Å². The molecule has 6 heteroatoms. The molecule has 118 valence electrons. The molecule has 2 aromatic carbocycles. The summed E-state index contributed by atoms with van der Waals surface area (Å²) in [6.07, 6.45) is 0.825. The minimum absolute atomic E-state index is 0.387. The van der Waals surface area contributed by atoms with Crippen LogP contribution in [0, 0.1) is 0 Å². The third-order valence-corrected chi connectivity index (χ3v) is 3.70. The van der Waals surface area contributed by atoms with Crippen molar-refractivity contribution in [2.75, 3.05) is 6.54 Å². The van der Waals surface area contributed by atoms with Crippen LogP contribution in [0.3, 0.4) is 0 Å². The van der Waals surface area contributed by atoms with Gasteiger partial charge in [0.15, 0.2) is 5.95 Å². The van der Waals surface area contributed by atoms with Gasteiger partial charge in [-0.3, -0.25) is 0 Å². The number of aromatic nitrogens is 2. The lowest BCUT2D eigenvalue weighted by Gasteiger charge is -2.04. The molecule has 0 bridgehead atoms. The van der Waals surface area contributed by atoms with E-state index in [9.17, 15) is 5.11 Å². The molecule has 0 saturated heterocycles. The highest BCUT2D eigenvalue weighted by atomic mass is 35.5. The van der Waals surface area contributed by atoms with Gasteiger partial charge in [-0.25, -0.2) is 0 Å². The number of hydrogen-bond donors (Lipinski definition) is 1. The lowest BCUT2D eigenvalue weighted by atomic mass is 10.1. The molecular formula is C17H16ClN3O2. The summed E-state index contributed by atoms with van der Waals surface area (Å²) in [4.78, 5) is 0. The van der Waals surface area contributed by atoms with Gasteiger partial charge in [0.2, 0.25) is 5.69 Å². The molecule has 0 amide bonds. The van der Waals surface area contributed by atoms with Gasteiger partial charge in [-0.1, -0.05) is 41.9 Å². The van der Waals surface area contributed by atoms with Crippen molar-refractivity contribution < 1.29 is 14.3 Å². The second-order valence-electron chi connectivity index (χ2n) is 5.11. The van der Waals surface area contributed by atoms with Crippen LogP contribution in [0.2, 0.25) is 5.02 Å². The highest BCUT2D eigenvalue weighted by molar-refractivity contribution is 6.30. The Balaban J connectivity index is 1.62. The van der Waals surface area contributed by atoms with Gasteiger partial charge < -0.3 is 14.9 Å². The van der Waals surface area contributed by atoms with Crippen LogP contribution >= 0.6 is 11.6 Å². The van der Waals surface area contributed by atoms with E-state index in [0.717, 1.165) is 29.2 Å². The molecule has 1 heterocycles. The summed E-state index contributed by atoms with van der Waals surface area (Å²) in [6, 6.07) is 17.2. The van der Waals surface area contributed by atoms with E-state index in [2.05, 4.69) is 10.6 Å². The van der Waals surface area contributed by atoms with E-state index in [1.165, 1.54) is 4.68 Å². The Kier molecular flexibility index (Phi) is 4.90. The molecule has 3 rings (SSSR count). The maximum atomic E-state index is 11.8. The predicted molar refractivity (Wildman–Crippen MR) is 84.3 cm³/mol. The maximum Gasteiger partial charge on any atom is 0.253 e. The average Bonchev–Trinajstić information content (AvgIpc) is 2.93. The van der Waals surface area contributed by atoms with Gasteiger partial charge in [-0.15, -0.1) is 0 Å². The number of hydrogen-bond acceptors (Lipinski definition) is 4. The van der Waals surface area contributed by atoms with Crippen molar-refractivity contribution in [3.8, 4) is 11.6 Å². The second kappa shape index (κ2) is 7.26. The largest absolute Gasteiger partial charge is 0.539 e. The summed E-state index contributed by atoms with van der Waals surface area (Å²) >= 11 is 5.96. The Morgan fingerprint density at radius 1 is 1.13 bits per heavy atom. The van der Waals surface area contributed by atoms with Crippen LogP contribution in [0.5, 0.6) is 5.95 Å². The van der Waals surface area contributed by atoms with Crippen LogP contribution in [-0.2, 0) is 13.0 Å². The molecule has 0 unspecified atom stereocenters. The van der Waals surface area contributed by atoms with Crippen molar-refractivity contribution in [1.82, 2.24) is 10.6 Å². The van der Waals surface area contributed by atoms with E-state index < -0.39 is 5.95 Å². The van der Waals surface area contributed by atoms with Gasteiger partial charge in [-0.05, 0) is 35.3 Å². The van der Waals surface area contributed by atoms with Gasteiger partial charge in [0.05, 0.1) is 11.8 Å². The minimum Gasteiger partial charge on any atom is -0.539 e. The monoisotopic (exact) mass is 329 g/mol. The van der Waals surface area contributed by atoms with Crippen molar-refractivity contribution in [2.45, 2.75) is 13.0 Å². The molecule has 0 radical (unpaired) electrons. The number of para-hydroxylation sites is 1. The summed E-state index contributed by atoms with van der Waals surface area (Å²) < 4.78 is 6.30. The highest BCUT2D eigenvalue weighted by Gasteiger charge is 2.19. The van der Waals surface area contributed by atoms with Crippen LogP contribution in [0.4, 0.5) is 0 Å². The molecule has 0 aliphatic heterocycles. The molecule has 23 heavy (non-hydrogen) atoms. The van der Waals surface area contributed by atoms with E-state index in [1.54, 1.807) is 0 Å². The third kappa shape index (κ3) is 3.88. The smallest absolute Gasteiger partial charge is 0.253 e. The molecule has 1 N–H and O–H groups in total. The predicted octanol–water partition coefficient (Wildman–Crippen LogP) is 2.01. The molecule has 0 aliphatic rings. The fourth-order valence-electron chi connectivity index (χ4n) is 2.32. The lowest BCUT2D eigenvalue weighted by molar-refractivity contribution is -0.677. The van der Waals surface area contributed by atoms with Gasteiger partial charge in [0, 0.05) is 17.2 Å². The molecule has 5 nitrogen and oxygen atoms in total. The quantitative estimate of drug-likeness (QED) is 0.555. The standard InChI is InChI=1S/C17H16ClN3O2/c18-14-6-4-5-13(11-14)9-10-19-12-16-17(22)23-20-21(16)15-7-2-1-3-8-15/h1-8,11,19H,9-10,12H2. The van der Waals surface area contributed by atoms with Crippen LogP contribution in [0.25, 0.3) is 5.69 Å². The summed E-state index contributed by atoms with van der Waals surface area (Å²) in [7, 11) is 0. The Bertz CT molecular complexity index is 775. The van der Waals surface area contributed by atoms with Gasteiger partial charge >= 0.3 is 0 Å². The second-order valence-corrected chi connectivity index (χ2v) is 5.55. The normalized spacial score (nSPS) is 10.8. The van der Waals surface area contributed by atoms with Crippen LogP contribution < -0.4 is 15.1 Å². The zero-order valence-electron chi connectivity index (χ0n) is 12.4. The number of rotatable bonds is 6. The minimum atomic E-state index is -0.427.